The summed E-state index contributed by atoms with van der Waals surface area (Å²) < 4.78 is 5.16. The highest BCUT2D eigenvalue weighted by Gasteiger charge is 2.17. The highest BCUT2D eigenvalue weighted by atomic mass is 16.5. The highest BCUT2D eigenvalue weighted by Crippen LogP contribution is 2.07. The lowest BCUT2D eigenvalue weighted by molar-refractivity contribution is 0.0695. The molecule has 2 unspecified atom stereocenters. The van der Waals surface area contributed by atoms with E-state index < -0.39 is 0 Å². The summed E-state index contributed by atoms with van der Waals surface area (Å²) in [7, 11) is 1.71. The van der Waals surface area contributed by atoms with E-state index in [2.05, 4.69) is 29.3 Å². The van der Waals surface area contributed by atoms with Crippen molar-refractivity contribution in [2.24, 2.45) is 5.92 Å². The maximum atomic E-state index is 9.66. The first-order chi connectivity index (χ1) is 10.7. The number of hydrogen-bond acceptors (Lipinski definition) is 5. The van der Waals surface area contributed by atoms with Crippen LogP contribution in [0.1, 0.15) is 18.9 Å². The van der Waals surface area contributed by atoms with Gasteiger partial charge in [0.1, 0.15) is 0 Å². The molecule has 5 heteroatoms. The van der Waals surface area contributed by atoms with E-state index in [4.69, 9.17) is 4.74 Å². The molecule has 0 saturated heterocycles. The molecule has 5 nitrogen and oxygen atoms in total. The lowest BCUT2D eigenvalue weighted by atomic mass is 10.1. The van der Waals surface area contributed by atoms with Crippen LogP contribution in [0.25, 0.3) is 0 Å². The number of hydrogen-bond donors (Lipinski definition) is 3. The van der Waals surface area contributed by atoms with E-state index in [1.54, 1.807) is 7.11 Å². The van der Waals surface area contributed by atoms with Crippen LogP contribution in [0.2, 0.25) is 0 Å². The average molecular weight is 310 g/mol. The minimum atomic E-state index is -0.151. The van der Waals surface area contributed by atoms with E-state index in [1.165, 1.54) is 5.56 Å². The smallest absolute Gasteiger partial charge is 0.0839 e. The molecule has 0 amide bonds. The zero-order chi connectivity index (χ0) is 16.2. The molecule has 1 aromatic rings. The summed E-state index contributed by atoms with van der Waals surface area (Å²) in [5.41, 5.74) is 1.18. The predicted molar refractivity (Wildman–Crippen MR) is 88.5 cm³/mol. The van der Waals surface area contributed by atoms with Crippen LogP contribution in [0, 0.1) is 5.92 Å². The van der Waals surface area contributed by atoms with Gasteiger partial charge >= 0.3 is 0 Å². The monoisotopic (exact) mass is 310 g/mol. The summed E-state index contributed by atoms with van der Waals surface area (Å²) >= 11 is 0. The van der Waals surface area contributed by atoms with Crippen molar-refractivity contribution in [3.05, 3.63) is 35.9 Å². The maximum absolute atomic E-state index is 9.66. The Morgan fingerprint density at radius 3 is 2.50 bits per heavy atom. The van der Waals surface area contributed by atoms with E-state index in [9.17, 15) is 10.2 Å². The molecule has 0 aliphatic heterocycles. The van der Waals surface area contributed by atoms with Crippen molar-refractivity contribution in [3.8, 4) is 0 Å². The molecule has 1 rings (SSSR count). The number of rotatable bonds is 12. The van der Waals surface area contributed by atoms with Crippen molar-refractivity contribution in [1.29, 1.82) is 0 Å². The third kappa shape index (κ3) is 7.33. The summed E-state index contributed by atoms with van der Waals surface area (Å²) in [5, 5.41) is 22.3. The number of ether oxygens (including phenoxy) is 1. The molecular formula is C17H30N2O3. The Morgan fingerprint density at radius 2 is 1.91 bits per heavy atom. The van der Waals surface area contributed by atoms with Crippen LogP contribution in [0.15, 0.2) is 30.3 Å². The second-order valence-electron chi connectivity index (χ2n) is 5.67. The van der Waals surface area contributed by atoms with Crippen LogP contribution < -0.4 is 5.32 Å². The van der Waals surface area contributed by atoms with Crippen LogP contribution in [0.3, 0.4) is 0 Å². The van der Waals surface area contributed by atoms with Crippen LogP contribution in [0.5, 0.6) is 0 Å². The molecule has 0 spiro atoms. The van der Waals surface area contributed by atoms with Gasteiger partial charge in [-0.1, -0.05) is 37.3 Å². The third-order valence-electron chi connectivity index (χ3n) is 3.75. The average Bonchev–Trinajstić information content (AvgIpc) is 2.54. The molecule has 126 valence electrons. The van der Waals surface area contributed by atoms with Gasteiger partial charge in [0.15, 0.2) is 0 Å². The Bertz CT molecular complexity index is 375. The van der Waals surface area contributed by atoms with Crippen LogP contribution in [-0.2, 0) is 11.3 Å². The number of methoxy groups -OCH3 is 1. The van der Waals surface area contributed by atoms with Crippen LogP contribution in [-0.4, -0.2) is 61.3 Å². The quantitative estimate of drug-likeness (QED) is 0.504. The first kappa shape index (κ1) is 19.1. The van der Waals surface area contributed by atoms with Gasteiger partial charge in [0.2, 0.25) is 0 Å². The number of nitrogens with one attached hydrogen (secondary N) is 1. The van der Waals surface area contributed by atoms with Gasteiger partial charge in [0.05, 0.1) is 19.4 Å². The Kier molecular flexibility index (Phi) is 10.0. The second kappa shape index (κ2) is 11.6. The predicted octanol–water partition coefficient (Wildman–Crippen LogP) is 1.06. The maximum Gasteiger partial charge on any atom is 0.0839 e. The topological polar surface area (TPSA) is 65.0 Å². The number of nitrogens with zero attached hydrogens (tertiary/aromatic N) is 1. The van der Waals surface area contributed by atoms with Gasteiger partial charge in [-0.25, -0.2) is 0 Å². The number of benzene rings is 1. The van der Waals surface area contributed by atoms with E-state index in [0.717, 1.165) is 19.6 Å². The SMILES string of the molecule is COCC(C)CCN(CCO)C(CO)NCc1ccccc1. The molecule has 0 fully saturated rings. The third-order valence-corrected chi connectivity index (χ3v) is 3.75. The first-order valence-corrected chi connectivity index (χ1v) is 7.93. The highest BCUT2D eigenvalue weighted by molar-refractivity contribution is 5.14. The number of aliphatic hydroxyl groups is 2. The van der Waals surface area contributed by atoms with Crippen molar-refractivity contribution in [3.63, 3.8) is 0 Å². The second-order valence-corrected chi connectivity index (χ2v) is 5.67. The summed E-state index contributed by atoms with van der Waals surface area (Å²) in [5.74, 6) is 0.458. The zero-order valence-electron chi connectivity index (χ0n) is 13.7. The largest absolute Gasteiger partial charge is 0.395 e. The molecule has 2 atom stereocenters. The minimum absolute atomic E-state index is 0.0193. The van der Waals surface area contributed by atoms with E-state index >= 15 is 0 Å². The Labute approximate surface area is 133 Å². The summed E-state index contributed by atoms with van der Waals surface area (Å²) in [6.07, 6.45) is 0.819. The van der Waals surface area contributed by atoms with Crippen molar-refractivity contribution in [2.75, 3.05) is 40.0 Å². The molecular weight excluding hydrogens is 280 g/mol. The van der Waals surface area contributed by atoms with E-state index in [1.807, 2.05) is 18.2 Å². The van der Waals surface area contributed by atoms with Crippen molar-refractivity contribution >= 4 is 0 Å². The van der Waals surface area contributed by atoms with Crippen LogP contribution in [0.4, 0.5) is 0 Å². The lowest BCUT2D eigenvalue weighted by Gasteiger charge is -2.31. The van der Waals surface area contributed by atoms with Crippen molar-refractivity contribution in [1.82, 2.24) is 10.2 Å². The van der Waals surface area contributed by atoms with Crippen LogP contribution >= 0.6 is 0 Å². The fourth-order valence-electron chi connectivity index (χ4n) is 2.45. The standard InChI is InChI=1S/C17H30N2O3/c1-15(14-22-2)8-9-19(10-11-20)17(13-21)18-12-16-6-4-3-5-7-16/h3-7,15,17-18,20-21H,8-14H2,1-2H3. The van der Waals surface area contributed by atoms with Gasteiger partial charge in [0.25, 0.3) is 0 Å². The van der Waals surface area contributed by atoms with Gasteiger partial charge < -0.3 is 14.9 Å². The fourth-order valence-corrected chi connectivity index (χ4v) is 2.45. The minimum Gasteiger partial charge on any atom is -0.395 e. The normalized spacial score (nSPS) is 14.2. The molecule has 0 aromatic heterocycles. The Morgan fingerprint density at radius 1 is 1.18 bits per heavy atom. The van der Waals surface area contributed by atoms with Gasteiger partial charge in [-0.2, -0.15) is 0 Å². The summed E-state index contributed by atoms with van der Waals surface area (Å²) in [6, 6.07) is 10.1. The van der Waals surface area contributed by atoms with Crippen molar-refractivity contribution in [2.45, 2.75) is 26.1 Å². The van der Waals surface area contributed by atoms with Gasteiger partial charge in [-0.3, -0.25) is 10.2 Å². The van der Waals surface area contributed by atoms with E-state index in [0.29, 0.717) is 19.0 Å². The molecule has 1 aromatic carbocycles. The lowest BCUT2D eigenvalue weighted by Crippen LogP contribution is -2.49. The molecule has 22 heavy (non-hydrogen) atoms. The molecule has 0 saturated carbocycles. The zero-order valence-corrected chi connectivity index (χ0v) is 13.7. The molecule has 0 aliphatic rings. The molecule has 0 heterocycles. The van der Waals surface area contributed by atoms with Gasteiger partial charge in [-0.05, 0) is 17.9 Å². The molecule has 3 N–H and O–H groups in total. The fraction of sp³-hybridized carbons (Fsp3) is 0.647. The van der Waals surface area contributed by atoms with Gasteiger partial charge in [0, 0.05) is 33.4 Å². The Balaban J connectivity index is 2.49. The molecule has 0 aliphatic carbocycles. The summed E-state index contributed by atoms with van der Waals surface area (Å²) in [4.78, 5) is 2.09. The van der Waals surface area contributed by atoms with Gasteiger partial charge in [-0.15, -0.1) is 0 Å². The number of aliphatic hydroxyl groups excluding tert-OH is 2. The van der Waals surface area contributed by atoms with Crippen molar-refractivity contribution < 1.29 is 14.9 Å². The molecule has 0 radical (unpaired) electrons. The molecule has 0 bridgehead atoms. The van der Waals surface area contributed by atoms with E-state index in [-0.39, 0.29) is 19.4 Å². The Hall–Kier alpha value is -0.980. The first-order valence-electron chi connectivity index (χ1n) is 7.93. The summed E-state index contributed by atoms with van der Waals surface area (Å²) in [6.45, 7) is 5.04.